The number of benzene rings is 3. The van der Waals surface area contributed by atoms with Crippen LogP contribution in [0.5, 0.6) is 11.5 Å². The van der Waals surface area contributed by atoms with Gasteiger partial charge >= 0.3 is 5.63 Å². The van der Waals surface area contributed by atoms with Crippen LogP contribution >= 0.6 is 0 Å². The minimum Gasteiger partial charge on any atom is -0.497 e. The van der Waals surface area contributed by atoms with Gasteiger partial charge in [0.25, 0.3) is 0 Å². The molecule has 1 aromatic heterocycles. The smallest absolute Gasteiger partial charge is 0.344 e. The second kappa shape index (κ2) is 6.69. The van der Waals surface area contributed by atoms with E-state index in [4.69, 9.17) is 13.9 Å². The molecule has 3 aromatic carbocycles. The summed E-state index contributed by atoms with van der Waals surface area (Å²) < 4.78 is 17.0. The van der Waals surface area contributed by atoms with Crippen molar-refractivity contribution >= 4 is 21.7 Å². The highest BCUT2D eigenvalue weighted by molar-refractivity contribution is 6.05. The van der Waals surface area contributed by atoms with Crippen molar-refractivity contribution in [3.05, 3.63) is 82.2 Å². The van der Waals surface area contributed by atoms with Crippen molar-refractivity contribution in [2.24, 2.45) is 0 Å². The molecular formula is C23H19NO4. The van der Waals surface area contributed by atoms with E-state index < -0.39 is 0 Å². The molecule has 0 amide bonds. The Morgan fingerprint density at radius 3 is 2.71 bits per heavy atom. The zero-order valence-corrected chi connectivity index (χ0v) is 15.5. The van der Waals surface area contributed by atoms with Crippen molar-refractivity contribution in [2.75, 3.05) is 13.8 Å². The molecule has 0 spiro atoms. The molecule has 2 heterocycles. The Hall–Kier alpha value is -3.31. The first-order chi connectivity index (χ1) is 13.7. The van der Waals surface area contributed by atoms with Gasteiger partial charge < -0.3 is 13.9 Å². The summed E-state index contributed by atoms with van der Waals surface area (Å²) >= 11 is 0. The van der Waals surface area contributed by atoms with Gasteiger partial charge in [-0.2, -0.15) is 0 Å². The van der Waals surface area contributed by atoms with Gasteiger partial charge in [0.15, 0.2) is 0 Å². The molecule has 0 radical (unpaired) electrons. The molecule has 5 nitrogen and oxygen atoms in total. The summed E-state index contributed by atoms with van der Waals surface area (Å²) in [5, 5.41) is 2.43. The maximum Gasteiger partial charge on any atom is 0.344 e. The molecule has 0 aliphatic carbocycles. The lowest BCUT2D eigenvalue weighted by atomic mass is 10.0. The normalized spacial score (nSPS) is 14.0. The summed E-state index contributed by atoms with van der Waals surface area (Å²) in [6.07, 6.45) is 0. The number of rotatable bonds is 3. The molecule has 0 N–H and O–H groups in total. The van der Waals surface area contributed by atoms with Gasteiger partial charge in [-0.25, -0.2) is 4.79 Å². The minimum atomic E-state index is -0.318. The number of fused-ring (bicyclic) bond motifs is 5. The van der Waals surface area contributed by atoms with Gasteiger partial charge in [0.2, 0.25) is 0 Å². The molecule has 0 atom stereocenters. The predicted molar refractivity (Wildman–Crippen MR) is 108 cm³/mol. The van der Waals surface area contributed by atoms with Crippen LogP contribution in [0, 0.1) is 0 Å². The zero-order valence-electron chi connectivity index (χ0n) is 15.5. The Balaban J connectivity index is 1.56. The second-order valence-corrected chi connectivity index (χ2v) is 6.97. The maximum absolute atomic E-state index is 12.5. The molecule has 140 valence electrons. The van der Waals surface area contributed by atoms with Crippen LogP contribution in [-0.4, -0.2) is 18.7 Å². The number of methoxy groups -OCH3 is 1. The Kier molecular flexibility index (Phi) is 4.02. The first kappa shape index (κ1) is 16.8. The number of hydrogen-bond donors (Lipinski definition) is 0. The average Bonchev–Trinajstić information content (AvgIpc) is 2.74. The van der Waals surface area contributed by atoms with Gasteiger partial charge in [-0.3, -0.25) is 4.90 Å². The molecule has 0 saturated heterocycles. The summed E-state index contributed by atoms with van der Waals surface area (Å²) in [6, 6.07) is 19.5. The highest BCUT2D eigenvalue weighted by Gasteiger charge is 2.22. The predicted octanol–water partition coefficient (Wildman–Crippen LogP) is 4.31. The molecule has 0 bridgehead atoms. The second-order valence-electron chi connectivity index (χ2n) is 6.97. The molecular weight excluding hydrogens is 354 g/mol. The summed E-state index contributed by atoms with van der Waals surface area (Å²) in [5.41, 5.74) is 2.34. The lowest BCUT2D eigenvalue weighted by molar-refractivity contribution is 0.0889. The highest BCUT2D eigenvalue weighted by Crippen LogP contribution is 2.35. The van der Waals surface area contributed by atoms with E-state index in [0.717, 1.165) is 33.4 Å². The van der Waals surface area contributed by atoms with Crippen molar-refractivity contribution in [2.45, 2.75) is 13.1 Å². The molecule has 5 heteroatoms. The first-order valence-corrected chi connectivity index (χ1v) is 9.18. The standard InChI is InChI=1S/C23H19NO4/c1-26-16-6-4-5-15(11-16)12-24-13-20-21(27-14-24)10-9-18-17-7-2-3-8-19(17)23(25)28-22(18)20/h2-11H,12-14H2,1H3. The van der Waals surface area contributed by atoms with E-state index in [2.05, 4.69) is 11.0 Å². The fraction of sp³-hybridized carbons (Fsp3) is 0.174. The molecule has 4 aromatic rings. The van der Waals surface area contributed by atoms with Gasteiger partial charge in [0.05, 0.1) is 18.1 Å². The van der Waals surface area contributed by atoms with Crippen molar-refractivity contribution in [3.63, 3.8) is 0 Å². The number of ether oxygens (including phenoxy) is 2. The minimum absolute atomic E-state index is 0.318. The first-order valence-electron chi connectivity index (χ1n) is 9.18. The average molecular weight is 373 g/mol. The topological polar surface area (TPSA) is 51.9 Å². The lowest BCUT2D eigenvalue weighted by Crippen LogP contribution is -2.31. The monoisotopic (exact) mass is 373 g/mol. The Bertz CT molecular complexity index is 1240. The lowest BCUT2D eigenvalue weighted by Gasteiger charge is -2.29. The molecule has 1 aliphatic rings. The van der Waals surface area contributed by atoms with Crippen molar-refractivity contribution < 1.29 is 13.9 Å². The number of nitrogens with zero attached hydrogens (tertiary/aromatic N) is 1. The molecule has 0 unspecified atom stereocenters. The van der Waals surface area contributed by atoms with Crippen LogP contribution in [0.25, 0.3) is 21.7 Å². The third-order valence-corrected chi connectivity index (χ3v) is 5.17. The highest BCUT2D eigenvalue weighted by atomic mass is 16.5. The van der Waals surface area contributed by atoms with Crippen molar-refractivity contribution in [1.29, 1.82) is 0 Å². The van der Waals surface area contributed by atoms with Crippen LogP contribution in [0.1, 0.15) is 11.1 Å². The Labute approximate surface area is 161 Å². The summed E-state index contributed by atoms with van der Waals surface area (Å²) in [6.45, 7) is 1.84. The SMILES string of the molecule is COc1cccc(CN2COc3ccc4c(oc(=O)c5ccccc54)c3C2)c1. The largest absolute Gasteiger partial charge is 0.497 e. The van der Waals surface area contributed by atoms with Crippen LogP contribution < -0.4 is 15.1 Å². The quantitative estimate of drug-likeness (QED) is 0.396. The van der Waals surface area contributed by atoms with Crippen LogP contribution in [0.2, 0.25) is 0 Å². The third-order valence-electron chi connectivity index (χ3n) is 5.17. The van der Waals surface area contributed by atoms with Crippen molar-refractivity contribution in [1.82, 2.24) is 4.90 Å². The molecule has 28 heavy (non-hydrogen) atoms. The van der Waals surface area contributed by atoms with E-state index in [0.29, 0.717) is 30.8 Å². The van der Waals surface area contributed by atoms with Gasteiger partial charge in [0, 0.05) is 18.5 Å². The van der Waals surface area contributed by atoms with E-state index in [1.807, 2.05) is 48.5 Å². The van der Waals surface area contributed by atoms with E-state index >= 15 is 0 Å². The molecule has 5 rings (SSSR count). The van der Waals surface area contributed by atoms with Crippen LogP contribution in [0.15, 0.2) is 69.9 Å². The van der Waals surface area contributed by atoms with Crippen LogP contribution in [0.4, 0.5) is 0 Å². The van der Waals surface area contributed by atoms with E-state index in [1.165, 1.54) is 0 Å². The summed E-state index contributed by atoms with van der Waals surface area (Å²) in [5.74, 6) is 1.60. The Morgan fingerprint density at radius 2 is 1.86 bits per heavy atom. The zero-order chi connectivity index (χ0) is 19.1. The van der Waals surface area contributed by atoms with E-state index in [1.54, 1.807) is 13.2 Å². The van der Waals surface area contributed by atoms with Gasteiger partial charge in [-0.15, -0.1) is 0 Å². The van der Waals surface area contributed by atoms with Crippen molar-refractivity contribution in [3.8, 4) is 11.5 Å². The Morgan fingerprint density at radius 1 is 1.00 bits per heavy atom. The summed E-state index contributed by atoms with van der Waals surface area (Å²) in [4.78, 5) is 14.7. The summed E-state index contributed by atoms with van der Waals surface area (Å²) in [7, 11) is 1.66. The molecule has 0 saturated carbocycles. The van der Waals surface area contributed by atoms with E-state index in [9.17, 15) is 4.79 Å². The third kappa shape index (κ3) is 2.80. The molecule has 0 fully saturated rings. The van der Waals surface area contributed by atoms with Gasteiger partial charge in [0.1, 0.15) is 23.8 Å². The van der Waals surface area contributed by atoms with Crippen LogP contribution in [-0.2, 0) is 13.1 Å². The fourth-order valence-corrected chi connectivity index (χ4v) is 3.83. The molecule has 1 aliphatic heterocycles. The van der Waals surface area contributed by atoms with Gasteiger partial charge in [-0.1, -0.05) is 30.3 Å². The van der Waals surface area contributed by atoms with Crippen LogP contribution in [0.3, 0.4) is 0 Å². The van der Waals surface area contributed by atoms with Gasteiger partial charge in [-0.05, 0) is 41.3 Å². The maximum atomic E-state index is 12.5. The fourth-order valence-electron chi connectivity index (χ4n) is 3.83. The van der Waals surface area contributed by atoms with E-state index in [-0.39, 0.29) is 5.63 Å². The number of hydrogen-bond acceptors (Lipinski definition) is 5.